The number of rotatable bonds is 7. The summed E-state index contributed by atoms with van der Waals surface area (Å²) in [7, 11) is 3.66. The highest BCUT2D eigenvalue weighted by atomic mass is 16.5. The second-order valence-corrected chi connectivity index (χ2v) is 5.97. The van der Waals surface area contributed by atoms with Crippen LogP contribution in [0.5, 0.6) is 5.75 Å². The van der Waals surface area contributed by atoms with Crippen LogP contribution < -0.4 is 4.74 Å². The molecular weight excluding hydrogens is 314 g/mol. The molecule has 0 aliphatic carbocycles. The fourth-order valence-electron chi connectivity index (χ4n) is 2.77. The van der Waals surface area contributed by atoms with Crippen molar-refractivity contribution in [3.05, 3.63) is 66.4 Å². The maximum Gasteiger partial charge on any atom is 0.118 e. The molecule has 130 valence electrons. The average molecular weight is 337 g/mol. The second kappa shape index (κ2) is 7.96. The molecule has 1 heterocycles. The Balaban J connectivity index is 1.99. The van der Waals surface area contributed by atoms with Gasteiger partial charge in [0.1, 0.15) is 5.75 Å². The van der Waals surface area contributed by atoms with Gasteiger partial charge < -0.3 is 9.84 Å². The molecule has 1 N–H and O–H groups in total. The smallest absolute Gasteiger partial charge is 0.118 e. The van der Waals surface area contributed by atoms with Crippen LogP contribution in [0, 0.1) is 0 Å². The highest BCUT2D eigenvalue weighted by Gasteiger charge is 2.14. The van der Waals surface area contributed by atoms with E-state index in [0.717, 1.165) is 34.8 Å². The van der Waals surface area contributed by atoms with Crippen LogP contribution in [0.4, 0.5) is 0 Å². The van der Waals surface area contributed by atoms with Gasteiger partial charge in [-0.3, -0.25) is 4.90 Å². The Kier molecular flexibility index (Phi) is 5.48. The maximum atomic E-state index is 9.17. The topological polar surface area (TPSA) is 50.5 Å². The average Bonchev–Trinajstić information content (AvgIpc) is 3.06. The monoisotopic (exact) mass is 337 g/mol. The molecule has 5 nitrogen and oxygen atoms in total. The number of benzene rings is 2. The summed E-state index contributed by atoms with van der Waals surface area (Å²) in [5.41, 5.74) is 4.12. The maximum absolute atomic E-state index is 9.17. The number of ether oxygens (including phenoxy) is 1. The third-order valence-corrected chi connectivity index (χ3v) is 4.10. The van der Waals surface area contributed by atoms with E-state index in [9.17, 15) is 0 Å². The highest BCUT2D eigenvalue weighted by Crippen LogP contribution is 2.26. The number of hydrogen-bond acceptors (Lipinski definition) is 4. The van der Waals surface area contributed by atoms with E-state index >= 15 is 0 Å². The zero-order chi connectivity index (χ0) is 17.6. The lowest BCUT2D eigenvalue weighted by atomic mass is 10.1. The molecular formula is C20H23N3O2. The molecule has 2 aromatic carbocycles. The summed E-state index contributed by atoms with van der Waals surface area (Å²) in [5.74, 6) is 0.824. The minimum Gasteiger partial charge on any atom is -0.497 e. The summed E-state index contributed by atoms with van der Waals surface area (Å²) in [6.45, 7) is 1.48. The van der Waals surface area contributed by atoms with Gasteiger partial charge in [0.25, 0.3) is 0 Å². The standard InChI is InChI=1S/C20H23N3O2/c1-22(12-13-24)14-17-15-23(18-6-4-3-5-7-18)21-20(17)16-8-10-19(25-2)11-9-16/h3-11,15,24H,12-14H2,1-2H3. The lowest BCUT2D eigenvalue weighted by Crippen LogP contribution is -2.21. The third kappa shape index (κ3) is 4.07. The van der Waals surface area contributed by atoms with Gasteiger partial charge >= 0.3 is 0 Å². The largest absolute Gasteiger partial charge is 0.497 e. The summed E-state index contributed by atoms with van der Waals surface area (Å²) in [5, 5.41) is 14.0. The first-order valence-electron chi connectivity index (χ1n) is 8.29. The third-order valence-electron chi connectivity index (χ3n) is 4.10. The first kappa shape index (κ1) is 17.2. The molecule has 0 fully saturated rings. The number of methoxy groups -OCH3 is 1. The van der Waals surface area contributed by atoms with E-state index in [1.807, 2.05) is 66.3 Å². The van der Waals surface area contributed by atoms with E-state index in [1.54, 1.807) is 7.11 Å². The number of likely N-dealkylation sites (N-methyl/N-ethyl adjacent to an activating group) is 1. The molecule has 3 rings (SSSR count). The molecule has 0 spiro atoms. The Hall–Kier alpha value is -2.63. The number of aliphatic hydroxyl groups excluding tert-OH is 1. The van der Waals surface area contributed by atoms with E-state index in [0.29, 0.717) is 6.54 Å². The zero-order valence-electron chi connectivity index (χ0n) is 14.6. The summed E-state index contributed by atoms with van der Waals surface area (Å²) in [4.78, 5) is 2.08. The van der Waals surface area contributed by atoms with Crippen LogP contribution in [0.3, 0.4) is 0 Å². The first-order chi connectivity index (χ1) is 12.2. The van der Waals surface area contributed by atoms with E-state index in [2.05, 4.69) is 11.1 Å². The number of aliphatic hydroxyl groups is 1. The summed E-state index contributed by atoms with van der Waals surface area (Å²) in [6, 6.07) is 18.0. The SMILES string of the molecule is COc1ccc(-c2nn(-c3ccccc3)cc2CN(C)CCO)cc1. The molecule has 0 bridgehead atoms. The fraction of sp³-hybridized carbons (Fsp3) is 0.250. The summed E-state index contributed by atoms with van der Waals surface area (Å²) >= 11 is 0. The van der Waals surface area contributed by atoms with E-state index in [-0.39, 0.29) is 6.61 Å². The van der Waals surface area contributed by atoms with Crippen LogP contribution in [0.15, 0.2) is 60.8 Å². The van der Waals surface area contributed by atoms with E-state index < -0.39 is 0 Å². The van der Waals surface area contributed by atoms with Gasteiger partial charge in [0.15, 0.2) is 0 Å². The molecule has 0 aliphatic rings. The molecule has 25 heavy (non-hydrogen) atoms. The van der Waals surface area contributed by atoms with Crippen LogP contribution >= 0.6 is 0 Å². The van der Waals surface area contributed by atoms with Gasteiger partial charge in [-0.1, -0.05) is 18.2 Å². The van der Waals surface area contributed by atoms with Crippen molar-refractivity contribution in [1.82, 2.24) is 14.7 Å². The molecule has 1 aromatic heterocycles. The molecule has 0 unspecified atom stereocenters. The normalized spacial score (nSPS) is 11.0. The number of nitrogens with zero attached hydrogens (tertiary/aromatic N) is 3. The lowest BCUT2D eigenvalue weighted by molar-refractivity contribution is 0.217. The lowest BCUT2D eigenvalue weighted by Gasteiger charge is -2.14. The Morgan fingerprint density at radius 2 is 1.80 bits per heavy atom. The van der Waals surface area contributed by atoms with Gasteiger partial charge in [0.05, 0.1) is 25.1 Å². The van der Waals surface area contributed by atoms with Gasteiger partial charge in [-0.05, 0) is 43.4 Å². The van der Waals surface area contributed by atoms with Crippen molar-refractivity contribution >= 4 is 0 Å². The summed E-state index contributed by atoms with van der Waals surface area (Å²) in [6.07, 6.45) is 2.06. The summed E-state index contributed by atoms with van der Waals surface area (Å²) < 4.78 is 7.15. The van der Waals surface area contributed by atoms with Crippen LogP contribution in [-0.2, 0) is 6.54 Å². The second-order valence-electron chi connectivity index (χ2n) is 5.97. The van der Waals surface area contributed by atoms with Crippen molar-refractivity contribution < 1.29 is 9.84 Å². The van der Waals surface area contributed by atoms with Gasteiger partial charge in [-0.25, -0.2) is 4.68 Å². The predicted octanol–water partition coefficient (Wildman–Crippen LogP) is 2.97. The van der Waals surface area contributed by atoms with Crippen LogP contribution in [0.1, 0.15) is 5.56 Å². The predicted molar refractivity (Wildman–Crippen MR) is 99.0 cm³/mol. The quantitative estimate of drug-likeness (QED) is 0.720. The minimum atomic E-state index is 0.140. The molecule has 0 aliphatic heterocycles. The van der Waals surface area contributed by atoms with Crippen LogP contribution in [0.2, 0.25) is 0 Å². The van der Waals surface area contributed by atoms with Gasteiger partial charge in [0.2, 0.25) is 0 Å². The molecule has 3 aromatic rings. The first-order valence-corrected chi connectivity index (χ1v) is 8.29. The molecule has 0 saturated carbocycles. The van der Waals surface area contributed by atoms with Crippen LogP contribution in [0.25, 0.3) is 16.9 Å². The van der Waals surface area contributed by atoms with Gasteiger partial charge in [-0.15, -0.1) is 0 Å². The number of hydrogen-bond donors (Lipinski definition) is 1. The number of aromatic nitrogens is 2. The molecule has 0 amide bonds. The molecule has 0 saturated heterocycles. The number of para-hydroxylation sites is 1. The van der Waals surface area contributed by atoms with E-state index in [4.69, 9.17) is 14.9 Å². The van der Waals surface area contributed by atoms with Gasteiger partial charge in [-0.2, -0.15) is 5.10 Å². The minimum absolute atomic E-state index is 0.140. The molecule has 0 atom stereocenters. The zero-order valence-corrected chi connectivity index (χ0v) is 14.6. The van der Waals surface area contributed by atoms with Crippen molar-refractivity contribution in [3.8, 4) is 22.7 Å². The highest BCUT2D eigenvalue weighted by molar-refractivity contribution is 5.64. The Labute approximate surface area is 148 Å². The Morgan fingerprint density at radius 3 is 2.44 bits per heavy atom. The Bertz CT molecular complexity index is 798. The molecule has 5 heteroatoms. The van der Waals surface area contributed by atoms with Crippen molar-refractivity contribution in [2.24, 2.45) is 0 Å². The van der Waals surface area contributed by atoms with Gasteiger partial charge in [0, 0.05) is 30.4 Å². The fourth-order valence-corrected chi connectivity index (χ4v) is 2.77. The van der Waals surface area contributed by atoms with E-state index in [1.165, 1.54) is 0 Å². The van der Waals surface area contributed by atoms with Crippen molar-refractivity contribution in [2.45, 2.75) is 6.54 Å². The van der Waals surface area contributed by atoms with Crippen molar-refractivity contribution in [3.63, 3.8) is 0 Å². The van der Waals surface area contributed by atoms with Crippen molar-refractivity contribution in [2.75, 3.05) is 27.3 Å². The molecule has 0 radical (unpaired) electrons. The van der Waals surface area contributed by atoms with Crippen LogP contribution in [-0.4, -0.2) is 47.1 Å². The Morgan fingerprint density at radius 1 is 1.08 bits per heavy atom. The van der Waals surface area contributed by atoms with Crippen molar-refractivity contribution in [1.29, 1.82) is 0 Å².